The predicted octanol–water partition coefficient (Wildman–Crippen LogP) is 2.28. The van der Waals surface area contributed by atoms with Gasteiger partial charge in [0.15, 0.2) is 12.3 Å². The van der Waals surface area contributed by atoms with Gasteiger partial charge in [-0.25, -0.2) is 9.48 Å². The van der Waals surface area contributed by atoms with Gasteiger partial charge in [0.1, 0.15) is 5.82 Å². The fourth-order valence-corrected chi connectivity index (χ4v) is 3.36. The number of aryl methyl sites for hydroxylation is 2. The van der Waals surface area contributed by atoms with E-state index in [1.807, 2.05) is 30.3 Å². The van der Waals surface area contributed by atoms with E-state index in [4.69, 9.17) is 4.74 Å². The van der Waals surface area contributed by atoms with Gasteiger partial charge in [-0.1, -0.05) is 48.5 Å². The van der Waals surface area contributed by atoms with Crippen LogP contribution in [-0.2, 0) is 23.1 Å². The van der Waals surface area contributed by atoms with E-state index >= 15 is 0 Å². The first-order valence-electron chi connectivity index (χ1n) is 9.94. The number of anilines is 1. The van der Waals surface area contributed by atoms with Gasteiger partial charge < -0.3 is 10.1 Å². The summed E-state index contributed by atoms with van der Waals surface area (Å²) in [4.78, 5) is 37.9. The van der Waals surface area contributed by atoms with Crippen molar-refractivity contribution in [3.05, 3.63) is 88.0 Å². The number of nitrogens with zero attached hydrogens (tertiary/aromatic N) is 4. The Morgan fingerprint density at radius 1 is 1.00 bits per heavy atom. The van der Waals surface area contributed by atoms with Crippen molar-refractivity contribution in [3.8, 4) is 0 Å². The van der Waals surface area contributed by atoms with E-state index in [0.717, 1.165) is 11.3 Å². The third kappa shape index (κ3) is 4.41. The number of fused-ring (bicyclic) bond motifs is 1. The van der Waals surface area contributed by atoms with E-state index in [1.54, 1.807) is 44.3 Å². The highest BCUT2D eigenvalue weighted by molar-refractivity contribution is 6.03. The van der Waals surface area contributed by atoms with Gasteiger partial charge in [0.05, 0.1) is 17.6 Å². The fourth-order valence-electron chi connectivity index (χ4n) is 3.36. The van der Waals surface area contributed by atoms with Gasteiger partial charge in [0.2, 0.25) is 0 Å². The topological polar surface area (TPSA) is 108 Å². The molecule has 0 bridgehead atoms. The van der Waals surface area contributed by atoms with Crippen LogP contribution in [-0.4, -0.2) is 38.0 Å². The molecule has 9 nitrogen and oxygen atoms in total. The molecule has 0 unspecified atom stereocenters. The standard InChI is InChI=1S/C23H21N5O4/c1-15-12-19(27(2)25-15)24-20(29)14-32-23(31)21-17-10-6-7-11-18(17)22(30)28(26-21)13-16-8-4-3-5-9-16/h3-12H,13-14H2,1-2H3,(H,24,29). The summed E-state index contributed by atoms with van der Waals surface area (Å²) in [6, 6.07) is 17.7. The lowest BCUT2D eigenvalue weighted by atomic mass is 10.1. The van der Waals surface area contributed by atoms with E-state index in [9.17, 15) is 14.4 Å². The molecule has 1 N–H and O–H groups in total. The number of hydrogen-bond acceptors (Lipinski definition) is 6. The van der Waals surface area contributed by atoms with Crippen LogP contribution in [0.4, 0.5) is 5.82 Å². The maximum absolute atomic E-state index is 12.9. The molecular weight excluding hydrogens is 410 g/mol. The van der Waals surface area contributed by atoms with Crippen molar-refractivity contribution in [1.29, 1.82) is 0 Å². The molecule has 0 aliphatic rings. The Kier molecular flexibility index (Phi) is 5.80. The molecular formula is C23H21N5O4. The van der Waals surface area contributed by atoms with Crippen LogP contribution >= 0.6 is 0 Å². The van der Waals surface area contributed by atoms with Crippen LogP contribution in [0.3, 0.4) is 0 Å². The number of carbonyl (C=O) groups excluding carboxylic acids is 2. The average molecular weight is 431 g/mol. The molecule has 0 aliphatic carbocycles. The maximum Gasteiger partial charge on any atom is 0.359 e. The number of hydrogen-bond donors (Lipinski definition) is 1. The number of esters is 1. The van der Waals surface area contributed by atoms with Crippen LogP contribution < -0.4 is 10.9 Å². The van der Waals surface area contributed by atoms with E-state index in [0.29, 0.717) is 16.6 Å². The Hall–Kier alpha value is -4.27. The zero-order chi connectivity index (χ0) is 22.7. The first-order valence-corrected chi connectivity index (χ1v) is 9.94. The summed E-state index contributed by atoms with van der Waals surface area (Å²) in [5.74, 6) is -0.814. The first-order chi connectivity index (χ1) is 15.4. The zero-order valence-corrected chi connectivity index (χ0v) is 17.6. The van der Waals surface area contributed by atoms with Gasteiger partial charge >= 0.3 is 5.97 Å². The highest BCUT2D eigenvalue weighted by Crippen LogP contribution is 2.15. The minimum Gasteiger partial charge on any atom is -0.451 e. The number of benzene rings is 2. The van der Waals surface area contributed by atoms with Crippen LogP contribution in [0.5, 0.6) is 0 Å². The lowest BCUT2D eigenvalue weighted by Gasteiger charge is -2.11. The van der Waals surface area contributed by atoms with Crippen molar-refractivity contribution < 1.29 is 14.3 Å². The molecule has 0 atom stereocenters. The second-order valence-electron chi connectivity index (χ2n) is 7.26. The van der Waals surface area contributed by atoms with Crippen LogP contribution in [0.2, 0.25) is 0 Å². The molecule has 9 heteroatoms. The highest BCUT2D eigenvalue weighted by Gasteiger charge is 2.19. The largest absolute Gasteiger partial charge is 0.451 e. The molecule has 0 fully saturated rings. The monoisotopic (exact) mass is 431 g/mol. The van der Waals surface area contributed by atoms with Crippen molar-refractivity contribution in [2.75, 3.05) is 11.9 Å². The summed E-state index contributed by atoms with van der Waals surface area (Å²) in [7, 11) is 1.70. The second-order valence-corrected chi connectivity index (χ2v) is 7.26. The van der Waals surface area contributed by atoms with Crippen molar-refractivity contribution in [1.82, 2.24) is 19.6 Å². The number of nitrogens with one attached hydrogen (secondary N) is 1. The third-order valence-electron chi connectivity index (χ3n) is 4.84. The number of amides is 1. The summed E-state index contributed by atoms with van der Waals surface area (Å²) in [6.07, 6.45) is 0. The molecule has 0 aliphatic heterocycles. The quantitative estimate of drug-likeness (QED) is 0.469. The molecule has 2 aromatic carbocycles. The molecule has 1 amide bonds. The minimum atomic E-state index is -0.792. The smallest absolute Gasteiger partial charge is 0.359 e. The summed E-state index contributed by atoms with van der Waals surface area (Å²) < 4.78 is 7.95. The molecule has 0 saturated carbocycles. The molecule has 162 valence electrons. The zero-order valence-electron chi connectivity index (χ0n) is 17.6. The van der Waals surface area contributed by atoms with Crippen molar-refractivity contribution in [3.63, 3.8) is 0 Å². The molecule has 0 radical (unpaired) electrons. The van der Waals surface area contributed by atoms with Gasteiger partial charge in [-0.3, -0.25) is 14.3 Å². The van der Waals surface area contributed by atoms with Gasteiger partial charge in [0.25, 0.3) is 11.5 Å². The molecule has 0 saturated heterocycles. The van der Waals surface area contributed by atoms with Gasteiger partial charge in [-0.2, -0.15) is 10.2 Å². The minimum absolute atomic E-state index is 0.0275. The Morgan fingerprint density at radius 3 is 2.38 bits per heavy atom. The van der Waals surface area contributed by atoms with Gasteiger partial charge in [0, 0.05) is 18.5 Å². The number of ether oxygens (including phenoxy) is 1. The fraction of sp³-hybridized carbons (Fsp3) is 0.174. The lowest BCUT2D eigenvalue weighted by Crippen LogP contribution is -2.28. The van der Waals surface area contributed by atoms with Crippen LogP contribution in [0, 0.1) is 6.92 Å². The normalized spacial score (nSPS) is 10.8. The predicted molar refractivity (Wildman–Crippen MR) is 118 cm³/mol. The second kappa shape index (κ2) is 8.84. The first kappa shape index (κ1) is 21.0. The Balaban J connectivity index is 1.57. The van der Waals surface area contributed by atoms with E-state index in [-0.39, 0.29) is 17.8 Å². The van der Waals surface area contributed by atoms with Crippen LogP contribution in [0.1, 0.15) is 21.7 Å². The molecule has 0 spiro atoms. The molecule has 32 heavy (non-hydrogen) atoms. The Labute approximate surface area is 183 Å². The van der Waals surface area contributed by atoms with Crippen LogP contribution in [0.25, 0.3) is 10.8 Å². The highest BCUT2D eigenvalue weighted by atomic mass is 16.5. The molecule has 4 rings (SSSR count). The third-order valence-corrected chi connectivity index (χ3v) is 4.84. The summed E-state index contributed by atoms with van der Waals surface area (Å²) in [5, 5.41) is 11.8. The number of aromatic nitrogens is 4. The summed E-state index contributed by atoms with van der Waals surface area (Å²) in [6.45, 7) is 1.50. The summed E-state index contributed by atoms with van der Waals surface area (Å²) in [5.41, 5.74) is 1.27. The van der Waals surface area contributed by atoms with Crippen molar-refractivity contribution in [2.45, 2.75) is 13.5 Å². The molecule has 2 aromatic heterocycles. The number of carbonyl (C=O) groups is 2. The maximum atomic E-state index is 12.9. The van der Waals surface area contributed by atoms with E-state index in [1.165, 1.54) is 9.36 Å². The Bertz CT molecular complexity index is 1360. The van der Waals surface area contributed by atoms with Crippen LogP contribution in [0.15, 0.2) is 65.5 Å². The van der Waals surface area contributed by atoms with Gasteiger partial charge in [-0.15, -0.1) is 0 Å². The van der Waals surface area contributed by atoms with Crippen molar-refractivity contribution >= 4 is 28.5 Å². The van der Waals surface area contributed by atoms with E-state index < -0.39 is 18.5 Å². The average Bonchev–Trinajstić information content (AvgIpc) is 3.11. The lowest BCUT2D eigenvalue weighted by molar-refractivity contribution is -0.119. The van der Waals surface area contributed by atoms with Crippen molar-refractivity contribution in [2.24, 2.45) is 7.05 Å². The summed E-state index contributed by atoms with van der Waals surface area (Å²) >= 11 is 0. The van der Waals surface area contributed by atoms with E-state index in [2.05, 4.69) is 15.5 Å². The molecule has 4 aromatic rings. The number of rotatable bonds is 6. The Morgan fingerprint density at radius 2 is 1.69 bits per heavy atom. The SMILES string of the molecule is Cc1cc(NC(=O)COC(=O)c2nn(Cc3ccccc3)c(=O)c3ccccc23)n(C)n1. The van der Waals surface area contributed by atoms with Gasteiger partial charge in [-0.05, 0) is 18.6 Å². The molecule has 2 heterocycles.